The topological polar surface area (TPSA) is 24.9 Å². The standard InChI is InChI=1S/C11H11IN2S/c12-11-14-9-6-13-8(7-2-1-3-7)4-5-10(9)15-11/h1-3,8,13H,4-6H2. The Bertz CT molecular complexity index is 422. The maximum Gasteiger partial charge on any atom is 0.154 e. The molecule has 2 heterocycles. The van der Waals surface area contributed by atoms with Gasteiger partial charge < -0.3 is 5.32 Å². The number of aryl methyl sites for hydroxylation is 1. The summed E-state index contributed by atoms with van der Waals surface area (Å²) in [4.78, 5) is 6.02. The lowest BCUT2D eigenvalue weighted by Gasteiger charge is -2.19. The number of aromatic nitrogens is 1. The minimum Gasteiger partial charge on any atom is -0.304 e. The third-order valence-electron chi connectivity index (χ3n) is 2.91. The van der Waals surface area contributed by atoms with Gasteiger partial charge in [-0.3, -0.25) is 0 Å². The van der Waals surface area contributed by atoms with Crippen molar-refractivity contribution in [3.63, 3.8) is 0 Å². The van der Waals surface area contributed by atoms with Gasteiger partial charge in [-0.05, 0) is 41.0 Å². The molecule has 0 aromatic carbocycles. The quantitative estimate of drug-likeness (QED) is 0.801. The molecular weight excluding hydrogens is 319 g/mol. The fourth-order valence-corrected chi connectivity index (χ4v) is 3.91. The summed E-state index contributed by atoms with van der Waals surface area (Å²) in [5, 5.41) is 3.57. The molecule has 0 saturated heterocycles. The molecule has 1 aliphatic heterocycles. The number of hydrogen-bond acceptors (Lipinski definition) is 3. The van der Waals surface area contributed by atoms with E-state index < -0.39 is 0 Å². The second-order valence-electron chi connectivity index (χ2n) is 3.83. The van der Waals surface area contributed by atoms with Gasteiger partial charge in [-0.1, -0.05) is 18.2 Å². The molecule has 1 N–H and O–H groups in total. The molecule has 15 heavy (non-hydrogen) atoms. The number of nitrogens with zero attached hydrogens (tertiary/aromatic N) is 1. The lowest BCUT2D eigenvalue weighted by atomic mass is 9.96. The average Bonchev–Trinajstić information content (AvgIpc) is 2.38. The molecular formula is C11H11IN2S. The Morgan fingerprint density at radius 3 is 3.13 bits per heavy atom. The summed E-state index contributed by atoms with van der Waals surface area (Å²) in [6, 6.07) is 0.536. The largest absolute Gasteiger partial charge is 0.304 e. The number of fused-ring (bicyclic) bond motifs is 1. The van der Waals surface area contributed by atoms with Gasteiger partial charge in [-0.2, -0.15) is 0 Å². The Kier molecular flexibility index (Phi) is 2.66. The van der Waals surface area contributed by atoms with Crippen molar-refractivity contribution in [2.45, 2.75) is 25.4 Å². The molecule has 0 amide bonds. The molecule has 0 saturated carbocycles. The van der Waals surface area contributed by atoms with Crippen LogP contribution in [-0.4, -0.2) is 11.0 Å². The third kappa shape index (κ3) is 1.90. The van der Waals surface area contributed by atoms with Crippen molar-refractivity contribution in [1.29, 1.82) is 0 Å². The van der Waals surface area contributed by atoms with E-state index in [1.807, 2.05) is 11.3 Å². The number of halogens is 1. The van der Waals surface area contributed by atoms with E-state index in [2.05, 4.69) is 51.1 Å². The highest BCUT2D eigenvalue weighted by atomic mass is 127. The molecule has 0 bridgehead atoms. The van der Waals surface area contributed by atoms with Crippen LogP contribution in [0.25, 0.3) is 0 Å². The second kappa shape index (κ2) is 3.99. The molecule has 0 radical (unpaired) electrons. The lowest BCUT2D eigenvalue weighted by molar-refractivity contribution is 0.557. The van der Waals surface area contributed by atoms with Crippen LogP contribution in [0.2, 0.25) is 0 Å². The van der Waals surface area contributed by atoms with Crippen LogP contribution < -0.4 is 5.32 Å². The highest BCUT2D eigenvalue weighted by Gasteiger charge is 2.21. The van der Waals surface area contributed by atoms with Crippen molar-refractivity contribution < 1.29 is 0 Å². The predicted molar refractivity (Wildman–Crippen MR) is 71.0 cm³/mol. The van der Waals surface area contributed by atoms with Crippen LogP contribution in [0, 0.1) is 3.01 Å². The summed E-state index contributed by atoms with van der Waals surface area (Å²) < 4.78 is 1.17. The molecule has 4 heteroatoms. The van der Waals surface area contributed by atoms with Gasteiger partial charge in [-0.15, -0.1) is 11.3 Å². The van der Waals surface area contributed by atoms with Gasteiger partial charge in [-0.25, -0.2) is 4.98 Å². The van der Waals surface area contributed by atoms with Crippen LogP contribution in [0.15, 0.2) is 23.8 Å². The van der Waals surface area contributed by atoms with Gasteiger partial charge >= 0.3 is 0 Å². The number of hydrogen-bond donors (Lipinski definition) is 1. The van der Waals surface area contributed by atoms with Gasteiger partial charge in [0.25, 0.3) is 0 Å². The Morgan fingerprint density at radius 2 is 2.40 bits per heavy atom. The molecule has 2 aliphatic rings. The highest BCUT2D eigenvalue weighted by Crippen LogP contribution is 2.27. The van der Waals surface area contributed by atoms with E-state index in [9.17, 15) is 0 Å². The molecule has 0 spiro atoms. The van der Waals surface area contributed by atoms with E-state index in [0.717, 1.165) is 6.54 Å². The number of rotatable bonds is 1. The Hall–Kier alpha value is -0.200. The first-order valence-electron chi connectivity index (χ1n) is 5.08. The number of nitrogens with one attached hydrogen (secondary N) is 1. The highest BCUT2D eigenvalue weighted by molar-refractivity contribution is 14.1. The molecule has 1 aromatic rings. The zero-order valence-electron chi connectivity index (χ0n) is 8.16. The summed E-state index contributed by atoms with van der Waals surface area (Å²) in [5.41, 5.74) is 2.70. The minimum atomic E-state index is 0.536. The molecule has 78 valence electrons. The van der Waals surface area contributed by atoms with Gasteiger partial charge in [0.2, 0.25) is 0 Å². The molecule has 3 rings (SSSR count). The maximum atomic E-state index is 4.55. The first-order valence-corrected chi connectivity index (χ1v) is 6.98. The van der Waals surface area contributed by atoms with Crippen molar-refractivity contribution in [3.8, 4) is 0 Å². The van der Waals surface area contributed by atoms with Crippen LogP contribution in [0.1, 0.15) is 17.0 Å². The zero-order valence-corrected chi connectivity index (χ0v) is 11.1. The molecule has 2 nitrogen and oxygen atoms in total. The van der Waals surface area contributed by atoms with E-state index in [1.54, 1.807) is 0 Å². The van der Waals surface area contributed by atoms with Crippen LogP contribution in [0.5, 0.6) is 0 Å². The average molecular weight is 330 g/mol. The molecule has 1 aromatic heterocycles. The van der Waals surface area contributed by atoms with Crippen LogP contribution >= 0.6 is 33.9 Å². The summed E-state index contributed by atoms with van der Waals surface area (Å²) in [7, 11) is 0. The van der Waals surface area contributed by atoms with E-state index in [0.29, 0.717) is 6.04 Å². The molecule has 1 atom stereocenters. The van der Waals surface area contributed by atoms with Gasteiger partial charge in [0.1, 0.15) is 0 Å². The summed E-state index contributed by atoms with van der Waals surface area (Å²) in [5.74, 6) is 0. The van der Waals surface area contributed by atoms with Crippen LogP contribution in [-0.2, 0) is 13.0 Å². The van der Waals surface area contributed by atoms with Crippen molar-refractivity contribution in [3.05, 3.63) is 37.4 Å². The SMILES string of the molecule is Ic1nc2c(s1)CCC(C1=CC=C1)NC2. The smallest absolute Gasteiger partial charge is 0.154 e. The van der Waals surface area contributed by atoms with Crippen molar-refractivity contribution in [1.82, 2.24) is 10.3 Å². The Labute approximate surface area is 107 Å². The van der Waals surface area contributed by atoms with Gasteiger partial charge in [0.05, 0.1) is 5.69 Å². The fraction of sp³-hybridized carbons (Fsp3) is 0.364. The summed E-state index contributed by atoms with van der Waals surface area (Å²) >= 11 is 4.15. The van der Waals surface area contributed by atoms with Crippen molar-refractivity contribution in [2.24, 2.45) is 0 Å². The summed E-state index contributed by atoms with van der Waals surface area (Å²) in [6.07, 6.45) is 8.88. The first kappa shape index (κ1) is 9.99. The molecule has 1 aliphatic carbocycles. The predicted octanol–water partition coefficient (Wildman–Crippen LogP) is 2.65. The Morgan fingerprint density at radius 1 is 1.53 bits per heavy atom. The molecule has 0 fully saturated rings. The molecule has 1 unspecified atom stereocenters. The van der Waals surface area contributed by atoms with Crippen LogP contribution in [0.4, 0.5) is 0 Å². The van der Waals surface area contributed by atoms with E-state index in [-0.39, 0.29) is 0 Å². The zero-order chi connectivity index (χ0) is 10.3. The van der Waals surface area contributed by atoms with Gasteiger partial charge in [0, 0.05) is 17.5 Å². The number of allylic oxidation sites excluding steroid dienone is 2. The second-order valence-corrected chi connectivity index (χ2v) is 6.67. The first-order chi connectivity index (χ1) is 7.33. The maximum absolute atomic E-state index is 4.55. The van der Waals surface area contributed by atoms with E-state index >= 15 is 0 Å². The van der Waals surface area contributed by atoms with Crippen molar-refractivity contribution in [2.75, 3.05) is 0 Å². The summed E-state index contributed by atoms with van der Waals surface area (Å²) in [6.45, 7) is 0.921. The number of thiazole rings is 1. The monoisotopic (exact) mass is 330 g/mol. The van der Waals surface area contributed by atoms with E-state index in [1.165, 1.54) is 32.0 Å². The normalized spacial score (nSPS) is 24.1. The lowest BCUT2D eigenvalue weighted by Crippen LogP contribution is -2.29. The third-order valence-corrected chi connectivity index (χ3v) is 4.76. The van der Waals surface area contributed by atoms with E-state index in [4.69, 9.17) is 0 Å². The minimum absolute atomic E-state index is 0.536. The van der Waals surface area contributed by atoms with Crippen molar-refractivity contribution >= 4 is 33.9 Å². The fourth-order valence-electron chi connectivity index (χ4n) is 2.01. The van der Waals surface area contributed by atoms with Gasteiger partial charge in [0.15, 0.2) is 3.01 Å². The van der Waals surface area contributed by atoms with Crippen LogP contribution in [0.3, 0.4) is 0 Å². The Balaban J connectivity index is 1.77.